The molecule has 0 aliphatic carbocycles. The van der Waals surface area contributed by atoms with Crippen molar-refractivity contribution in [3.63, 3.8) is 0 Å². The Labute approximate surface area is 283 Å². The van der Waals surface area contributed by atoms with Crippen molar-refractivity contribution in [3.05, 3.63) is 83.7 Å². The SMILES string of the molecule is COc1ccc(CN(C)C[C@H]2OCCCC[C@H](C)Oc3ccc(NC(=O)Nc4ccc(F)cc4)cc3C(=O)N([C@H](C)CO)C[C@H]2C)cc1. The van der Waals surface area contributed by atoms with Crippen LogP contribution in [0.3, 0.4) is 0 Å². The number of urea groups is 1. The highest BCUT2D eigenvalue weighted by molar-refractivity contribution is 6.02. The van der Waals surface area contributed by atoms with Crippen molar-refractivity contribution < 1.29 is 33.3 Å². The Morgan fingerprint density at radius 3 is 2.44 bits per heavy atom. The average molecular weight is 665 g/mol. The van der Waals surface area contributed by atoms with Crippen molar-refractivity contribution in [3.8, 4) is 11.5 Å². The van der Waals surface area contributed by atoms with Crippen molar-refractivity contribution in [2.45, 2.75) is 64.8 Å². The number of anilines is 2. The highest BCUT2D eigenvalue weighted by Crippen LogP contribution is 2.29. The fraction of sp³-hybridized carbons (Fsp3) is 0.459. The van der Waals surface area contributed by atoms with Gasteiger partial charge in [0, 0.05) is 43.5 Å². The first-order chi connectivity index (χ1) is 23.1. The number of ether oxygens (including phenoxy) is 3. The maximum absolute atomic E-state index is 14.4. The summed E-state index contributed by atoms with van der Waals surface area (Å²) in [6, 6.07) is 17.3. The fourth-order valence-corrected chi connectivity index (χ4v) is 5.70. The number of halogens is 1. The number of fused-ring (bicyclic) bond motifs is 1. The van der Waals surface area contributed by atoms with Gasteiger partial charge in [-0.25, -0.2) is 9.18 Å². The van der Waals surface area contributed by atoms with E-state index in [1.54, 1.807) is 37.1 Å². The summed E-state index contributed by atoms with van der Waals surface area (Å²) >= 11 is 0. The summed E-state index contributed by atoms with van der Waals surface area (Å²) in [4.78, 5) is 31.0. The molecule has 0 aromatic heterocycles. The number of nitrogens with one attached hydrogen (secondary N) is 2. The van der Waals surface area contributed by atoms with Crippen LogP contribution in [0.1, 0.15) is 56.0 Å². The fourth-order valence-electron chi connectivity index (χ4n) is 5.70. The first kappa shape index (κ1) is 36.6. The normalized spacial score (nSPS) is 19.9. The van der Waals surface area contributed by atoms with Gasteiger partial charge >= 0.3 is 6.03 Å². The second kappa shape index (κ2) is 17.8. The second-order valence-corrected chi connectivity index (χ2v) is 12.6. The number of benzene rings is 3. The molecule has 11 heteroatoms. The Bertz CT molecular complexity index is 1470. The molecule has 3 amide bonds. The number of rotatable bonds is 9. The zero-order valence-corrected chi connectivity index (χ0v) is 28.6. The molecule has 0 saturated carbocycles. The van der Waals surface area contributed by atoms with Crippen LogP contribution in [-0.4, -0.2) is 85.6 Å². The molecular weight excluding hydrogens is 615 g/mol. The van der Waals surface area contributed by atoms with Crippen LogP contribution >= 0.6 is 0 Å². The van der Waals surface area contributed by atoms with Gasteiger partial charge in [0.15, 0.2) is 0 Å². The van der Waals surface area contributed by atoms with E-state index in [-0.39, 0.29) is 36.2 Å². The van der Waals surface area contributed by atoms with Crippen LogP contribution < -0.4 is 20.1 Å². The van der Waals surface area contributed by atoms with Gasteiger partial charge in [-0.15, -0.1) is 0 Å². The summed E-state index contributed by atoms with van der Waals surface area (Å²) in [6.07, 6.45) is 2.19. The van der Waals surface area contributed by atoms with E-state index in [1.165, 1.54) is 24.3 Å². The first-order valence-electron chi connectivity index (χ1n) is 16.6. The molecule has 0 fully saturated rings. The Balaban J connectivity index is 1.57. The molecule has 0 bridgehead atoms. The van der Waals surface area contributed by atoms with Crippen molar-refractivity contribution >= 4 is 23.3 Å². The van der Waals surface area contributed by atoms with Crippen LogP contribution in [0.25, 0.3) is 0 Å². The second-order valence-electron chi connectivity index (χ2n) is 12.6. The van der Waals surface area contributed by atoms with E-state index in [2.05, 4.69) is 29.5 Å². The lowest BCUT2D eigenvalue weighted by Gasteiger charge is -2.36. The molecule has 0 saturated heterocycles. The summed E-state index contributed by atoms with van der Waals surface area (Å²) in [5.74, 6) is 0.411. The number of carbonyl (C=O) groups is 2. The van der Waals surface area contributed by atoms with Gasteiger partial charge in [0.25, 0.3) is 5.91 Å². The third-order valence-electron chi connectivity index (χ3n) is 8.51. The van der Waals surface area contributed by atoms with E-state index >= 15 is 0 Å². The van der Waals surface area contributed by atoms with E-state index in [0.717, 1.165) is 37.1 Å². The monoisotopic (exact) mass is 664 g/mol. The zero-order valence-electron chi connectivity index (χ0n) is 28.6. The Morgan fingerprint density at radius 1 is 1.06 bits per heavy atom. The summed E-state index contributed by atoms with van der Waals surface area (Å²) in [6.45, 7) is 7.91. The molecule has 48 heavy (non-hydrogen) atoms. The third-order valence-corrected chi connectivity index (χ3v) is 8.51. The van der Waals surface area contributed by atoms with Crippen LogP contribution in [0, 0.1) is 11.7 Å². The van der Waals surface area contributed by atoms with Gasteiger partial charge in [-0.05, 0) is 100 Å². The van der Waals surface area contributed by atoms with Gasteiger partial charge in [-0.3, -0.25) is 9.69 Å². The quantitative estimate of drug-likeness (QED) is 0.243. The predicted octanol–water partition coefficient (Wildman–Crippen LogP) is 6.41. The Hall–Kier alpha value is -4.19. The molecule has 260 valence electrons. The van der Waals surface area contributed by atoms with Crippen molar-refractivity contribution in [1.82, 2.24) is 9.80 Å². The molecule has 3 N–H and O–H groups in total. The van der Waals surface area contributed by atoms with Gasteiger partial charge in [-0.1, -0.05) is 19.1 Å². The number of hydrogen-bond acceptors (Lipinski definition) is 7. The van der Waals surface area contributed by atoms with Gasteiger partial charge in [0.05, 0.1) is 37.5 Å². The molecule has 10 nitrogen and oxygen atoms in total. The molecule has 1 aliphatic heterocycles. The first-order valence-corrected chi connectivity index (χ1v) is 16.6. The molecular formula is C37H49FN4O6. The number of amides is 3. The van der Waals surface area contributed by atoms with Crippen molar-refractivity contribution in [2.75, 3.05) is 51.1 Å². The van der Waals surface area contributed by atoms with Crippen molar-refractivity contribution in [2.24, 2.45) is 5.92 Å². The summed E-state index contributed by atoms with van der Waals surface area (Å²) in [7, 11) is 3.71. The minimum Gasteiger partial charge on any atom is -0.497 e. The van der Waals surface area contributed by atoms with E-state index in [1.807, 2.05) is 31.2 Å². The molecule has 3 aromatic rings. The minimum atomic E-state index is -0.544. The van der Waals surface area contributed by atoms with Crippen molar-refractivity contribution in [1.29, 1.82) is 0 Å². The Morgan fingerprint density at radius 2 is 1.75 bits per heavy atom. The van der Waals surface area contributed by atoms with Crippen LogP contribution in [0.5, 0.6) is 11.5 Å². The smallest absolute Gasteiger partial charge is 0.323 e. The summed E-state index contributed by atoms with van der Waals surface area (Å²) in [5, 5.41) is 15.7. The van der Waals surface area contributed by atoms with Gasteiger partial charge < -0.3 is 34.9 Å². The van der Waals surface area contributed by atoms with Crippen LogP contribution in [-0.2, 0) is 11.3 Å². The molecule has 0 spiro atoms. The minimum absolute atomic E-state index is 0.0738. The van der Waals surface area contributed by atoms with E-state index in [9.17, 15) is 19.1 Å². The summed E-state index contributed by atoms with van der Waals surface area (Å²) < 4.78 is 31.4. The summed E-state index contributed by atoms with van der Waals surface area (Å²) in [5.41, 5.74) is 2.23. The molecule has 1 heterocycles. The number of aliphatic hydroxyl groups is 1. The highest BCUT2D eigenvalue weighted by atomic mass is 19.1. The zero-order chi connectivity index (χ0) is 34.6. The lowest BCUT2D eigenvalue weighted by atomic mass is 10.0. The Kier molecular flexibility index (Phi) is 13.6. The number of likely N-dealkylation sites (N-methyl/N-ethyl adjacent to an activating group) is 1. The third kappa shape index (κ3) is 10.7. The maximum Gasteiger partial charge on any atom is 0.323 e. The molecule has 0 radical (unpaired) electrons. The topological polar surface area (TPSA) is 113 Å². The van der Waals surface area contributed by atoms with Crippen LogP contribution in [0.15, 0.2) is 66.7 Å². The van der Waals surface area contributed by atoms with Crippen LogP contribution in [0.4, 0.5) is 20.6 Å². The number of aliphatic hydroxyl groups excluding tert-OH is 1. The standard InChI is InChI=1S/C37H49FN4O6/c1-25-21-42(26(2)24-43)36(44)33-20-31(40-37(45)39-30-13-11-29(38)12-14-30)15-18-34(33)48-27(3)8-6-7-19-47-35(25)23-41(4)22-28-9-16-32(46-5)17-10-28/h9-18,20,25-27,35,43H,6-8,19,21-24H2,1-5H3,(H2,39,40,45)/t25-,26-,27+,35-/m1/s1. The number of methoxy groups -OCH3 is 1. The largest absolute Gasteiger partial charge is 0.497 e. The highest BCUT2D eigenvalue weighted by Gasteiger charge is 2.30. The number of carbonyl (C=O) groups excluding carboxylic acids is 2. The lowest BCUT2D eigenvalue weighted by molar-refractivity contribution is -0.0177. The molecule has 3 aromatic carbocycles. The average Bonchev–Trinajstić information content (AvgIpc) is 3.07. The predicted molar refractivity (Wildman–Crippen MR) is 185 cm³/mol. The molecule has 1 aliphatic rings. The van der Waals surface area contributed by atoms with Gasteiger partial charge in [-0.2, -0.15) is 0 Å². The van der Waals surface area contributed by atoms with E-state index < -0.39 is 17.9 Å². The van der Waals surface area contributed by atoms with Crippen LogP contribution in [0.2, 0.25) is 0 Å². The maximum atomic E-state index is 14.4. The molecule has 4 rings (SSSR count). The lowest BCUT2D eigenvalue weighted by Crippen LogP contribution is -2.47. The van der Waals surface area contributed by atoms with Gasteiger partial charge in [0.2, 0.25) is 0 Å². The molecule has 0 unspecified atom stereocenters. The van der Waals surface area contributed by atoms with E-state index in [0.29, 0.717) is 36.8 Å². The van der Waals surface area contributed by atoms with E-state index in [4.69, 9.17) is 14.2 Å². The molecule has 4 atom stereocenters. The number of nitrogens with zero attached hydrogens (tertiary/aromatic N) is 2. The number of hydrogen-bond donors (Lipinski definition) is 3. The van der Waals surface area contributed by atoms with Gasteiger partial charge in [0.1, 0.15) is 17.3 Å².